The number of hydrogen-bond acceptors (Lipinski definition) is 2. The van der Waals surface area contributed by atoms with Gasteiger partial charge >= 0.3 is 5.97 Å². The van der Waals surface area contributed by atoms with Gasteiger partial charge in [-0.2, -0.15) is 0 Å². The molecule has 4 heteroatoms. The highest BCUT2D eigenvalue weighted by Crippen LogP contribution is 2.21. The van der Waals surface area contributed by atoms with Crippen molar-refractivity contribution in [2.75, 3.05) is 13.1 Å². The summed E-state index contributed by atoms with van der Waals surface area (Å²) < 4.78 is 0. The first-order chi connectivity index (χ1) is 9.99. The second-order valence-electron chi connectivity index (χ2n) is 5.55. The number of rotatable bonds is 3. The average Bonchev–Trinajstić information content (AvgIpc) is 2.46. The monoisotopic (exact) mass is 287 g/mol. The summed E-state index contributed by atoms with van der Waals surface area (Å²) in [6.45, 7) is 5.32. The van der Waals surface area contributed by atoms with Gasteiger partial charge in [0.05, 0.1) is 0 Å². The molecule has 0 spiro atoms. The van der Waals surface area contributed by atoms with Crippen molar-refractivity contribution in [1.82, 2.24) is 4.90 Å². The van der Waals surface area contributed by atoms with E-state index in [1.165, 1.54) is 12.5 Å². The van der Waals surface area contributed by atoms with Gasteiger partial charge in [-0.05, 0) is 55.9 Å². The molecule has 2 rings (SSSR count). The Morgan fingerprint density at radius 3 is 2.43 bits per heavy atom. The van der Waals surface area contributed by atoms with Crippen LogP contribution in [0.3, 0.4) is 0 Å². The quantitative estimate of drug-likeness (QED) is 0.869. The molecule has 0 saturated carbocycles. The fourth-order valence-electron chi connectivity index (χ4n) is 2.68. The van der Waals surface area contributed by atoms with Crippen molar-refractivity contribution in [3.05, 3.63) is 41.0 Å². The number of allylic oxidation sites excluding steroid dienone is 1. The molecule has 1 N–H and O–H groups in total. The number of carboxylic acids is 1. The number of hydrogen-bond donors (Lipinski definition) is 1. The zero-order chi connectivity index (χ0) is 15.4. The molecule has 0 bridgehead atoms. The Morgan fingerprint density at radius 1 is 1.19 bits per heavy atom. The van der Waals surface area contributed by atoms with E-state index in [9.17, 15) is 9.59 Å². The highest BCUT2D eigenvalue weighted by atomic mass is 16.4. The predicted molar refractivity (Wildman–Crippen MR) is 82.2 cm³/mol. The summed E-state index contributed by atoms with van der Waals surface area (Å²) in [4.78, 5) is 25.1. The van der Waals surface area contributed by atoms with Crippen molar-refractivity contribution in [3.8, 4) is 0 Å². The smallest absolute Gasteiger partial charge is 0.328 e. The maximum absolute atomic E-state index is 12.5. The fourth-order valence-corrected chi connectivity index (χ4v) is 2.68. The van der Waals surface area contributed by atoms with E-state index in [0.717, 1.165) is 37.1 Å². The zero-order valence-corrected chi connectivity index (χ0v) is 12.6. The molecule has 0 aliphatic carbocycles. The number of aliphatic carboxylic acids is 1. The van der Waals surface area contributed by atoms with Crippen LogP contribution in [-0.2, 0) is 4.79 Å². The molecule has 1 aromatic rings. The van der Waals surface area contributed by atoms with E-state index in [2.05, 4.69) is 0 Å². The molecule has 0 radical (unpaired) electrons. The van der Waals surface area contributed by atoms with Crippen LogP contribution in [0.25, 0.3) is 5.57 Å². The van der Waals surface area contributed by atoms with Gasteiger partial charge < -0.3 is 10.0 Å². The van der Waals surface area contributed by atoms with Crippen LogP contribution in [0.1, 0.15) is 47.7 Å². The molecule has 1 aromatic carbocycles. The lowest BCUT2D eigenvalue weighted by molar-refractivity contribution is -0.131. The SMILES string of the molecule is C/C(=C\C(=O)O)c1ccc(C(=O)N2CCCCC2)c(C)c1. The Bertz CT molecular complexity index is 584. The van der Waals surface area contributed by atoms with Gasteiger partial charge in [-0.25, -0.2) is 4.79 Å². The van der Waals surface area contributed by atoms with E-state index in [0.29, 0.717) is 11.1 Å². The Hall–Kier alpha value is -2.10. The molecule has 4 nitrogen and oxygen atoms in total. The number of amides is 1. The number of carboxylic acid groups (broad SMARTS) is 1. The second kappa shape index (κ2) is 6.57. The predicted octanol–water partition coefficient (Wildman–Crippen LogP) is 3.11. The molecule has 1 saturated heterocycles. The summed E-state index contributed by atoms with van der Waals surface area (Å²) in [7, 11) is 0. The van der Waals surface area contributed by atoms with E-state index >= 15 is 0 Å². The lowest BCUT2D eigenvalue weighted by atomic mass is 9.99. The van der Waals surface area contributed by atoms with Crippen LogP contribution >= 0.6 is 0 Å². The highest BCUT2D eigenvalue weighted by molar-refractivity contribution is 5.96. The molecule has 1 aliphatic heterocycles. The second-order valence-corrected chi connectivity index (χ2v) is 5.55. The van der Waals surface area contributed by atoms with E-state index in [-0.39, 0.29) is 5.91 Å². The molecular weight excluding hydrogens is 266 g/mol. The highest BCUT2D eigenvalue weighted by Gasteiger charge is 2.19. The van der Waals surface area contributed by atoms with Crippen molar-refractivity contribution in [1.29, 1.82) is 0 Å². The van der Waals surface area contributed by atoms with Gasteiger partial charge in [-0.1, -0.05) is 12.1 Å². The van der Waals surface area contributed by atoms with Gasteiger partial charge in [0, 0.05) is 24.7 Å². The molecule has 0 aromatic heterocycles. The maximum Gasteiger partial charge on any atom is 0.328 e. The third-order valence-corrected chi connectivity index (χ3v) is 3.90. The Balaban J connectivity index is 2.23. The summed E-state index contributed by atoms with van der Waals surface area (Å²) in [5.74, 6) is -0.878. The van der Waals surface area contributed by atoms with Crippen molar-refractivity contribution >= 4 is 17.4 Å². The minimum atomic E-state index is -0.960. The van der Waals surface area contributed by atoms with Crippen LogP contribution in [0.2, 0.25) is 0 Å². The number of likely N-dealkylation sites (tertiary alicyclic amines) is 1. The number of carbonyl (C=O) groups is 2. The molecule has 0 unspecified atom stereocenters. The first kappa shape index (κ1) is 15.3. The minimum Gasteiger partial charge on any atom is -0.478 e. The van der Waals surface area contributed by atoms with Gasteiger partial charge in [0.2, 0.25) is 0 Å². The van der Waals surface area contributed by atoms with Crippen LogP contribution in [-0.4, -0.2) is 35.0 Å². The molecule has 1 aliphatic rings. The van der Waals surface area contributed by atoms with Gasteiger partial charge in [-0.3, -0.25) is 4.79 Å². The van der Waals surface area contributed by atoms with Crippen LogP contribution < -0.4 is 0 Å². The molecule has 1 heterocycles. The molecule has 0 atom stereocenters. The Labute approximate surface area is 125 Å². The number of benzene rings is 1. The van der Waals surface area contributed by atoms with Crippen molar-refractivity contribution in [2.45, 2.75) is 33.1 Å². The summed E-state index contributed by atoms with van der Waals surface area (Å²) in [5, 5.41) is 8.79. The summed E-state index contributed by atoms with van der Waals surface area (Å²) in [5.41, 5.74) is 3.12. The average molecular weight is 287 g/mol. The largest absolute Gasteiger partial charge is 0.478 e. The molecular formula is C17H21NO3. The normalized spacial score (nSPS) is 15.9. The lowest BCUT2D eigenvalue weighted by Gasteiger charge is -2.27. The molecule has 1 amide bonds. The molecule has 112 valence electrons. The minimum absolute atomic E-state index is 0.0821. The van der Waals surface area contributed by atoms with Crippen LogP contribution in [0.4, 0.5) is 0 Å². The fraction of sp³-hybridized carbons (Fsp3) is 0.412. The van der Waals surface area contributed by atoms with Crippen molar-refractivity contribution < 1.29 is 14.7 Å². The van der Waals surface area contributed by atoms with Crippen molar-refractivity contribution in [2.24, 2.45) is 0 Å². The number of piperidine rings is 1. The zero-order valence-electron chi connectivity index (χ0n) is 12.6. The van der Waals surface area contributed by atoms with Crippen LogP contribution in [0.15, 0.2) is 24.3 Å². The number of aryl methyl sites for hydroxylation is 1. The summed E-state index contributed by atoms with van der Waals surface area (Å²) in [6.07, 6.45) is 4.52. The van der Waals surface area contributed by atoms with Gasteiger partial charge in [0.15, 0.2) is 0 Å². The first-order valence-corrected chi connectivity index (χ1v) is 7.30. The first-order valence-electron chi connectivity index (χ1n) is 7.30. The standard InChI is InChI=1S/C17H21NO3/c1-12(11-16(19)20)14-6-7-15(13(2)10-14)17(21)18-8-4-3-5-9-18/h6-7,10-11H,3-5,8-9H2,1-2H3,(H,19,20)/b12-11+. The van der Waals surface area contributed by atoms with Gasteiger partial charge in [-0.15, -0.1) is 0 Å². The van der Waals surface area contributed by atoms with Gasteiger partial charge in [0.25, 0.3) is 5.91 Å². The Morgan fingerprint density at radius 2 is 1.86 bits per heavy atom. The van der Waals surface area contributed by atoms with E-state index < -0.39 is 5.97 Å². The van der Waals surface area contributed by atoms with E-state index in [1.54, 1.807) is 13.0 Å². The van der Waals surface area contributed by atoms with E-state index in [1.807, 2.05) is 24.0 Å². The lowest BCUT2D eigenvalue weighted by Crippen LogP contribution is -2.35. The Kier molecular flexibility index (Phi) is 4.78. The maximum atomic E-state index is 12.5. The third-order valence-electron chi connectivity index (χ3n) is 3.90. The van der Waals surface area contributed by atoms with E-state index in [4.69, 9.17) is 5.11 Å². The molecule has 1 fully saturated rings. The van der Waals surface area contributed by atoms with Gasteiger partial charge in [0.1, 0.15) is 0 Å². The number of carbonyl (C=O) groups excluding carboxylic acids is 1. The summed E-state index contributed by atoms with van der Waals surface area (Å²) in [6, 6.07) is 5.51. The van der Waals surface area contributed by atoms with Crippen molar-refractivity contribution in [3.63, 3.8) is 0 Å². The number of nitrogens with zero attached hydrogens (tertiary/aromatic N) is 1. The van der Waals surface area contributed by atoms with Crippen LogP contribution in [0.5, 0.6) is 0 Å². The van der Waals surface area contributed by atoms with Crippen LogP contribution in [0, 0.1) is 6.92 Å². The molecule has 21 heavy (non-hydrogen) atoms. The topological polar surface area (TPSA) is 57.6 Å². The summed E-state index contributed by atoms with van der Waals surface area (Å²) >= 11 is 0. The third kappa shape index (κ3) is 3.72.